The molecule has 0 N–H and O–H groups in total. The number of rotatable bonds is 5. The Bertz CT molecular complexity index is 953. The van der Waals surface area contributed by atoms with Crippen LogP contribution in [0.15, 0.2) is 59.1 Å². The zero-order chi connectivity index (χ0) is 20.3. The van der Waals surface area contributed by atoms with Crippen LogP contribution >= 0.6 is 15.9 Å². The third-order valence-corrected chi connectivity index (χ3v) is 5.29. The molecule has 2 aromatic carbocycles. The van der Waals surface area contributed by atoms with Crippen LogP contribution in [-0.2, 0) is 24.5 Å². The summed E-state index contributed by atoms with van der Waals surface area (Å²) in [5, 5.41) is 10.0. The van der Waals surface area contributed by atoms with Gasteiger partial charge in [-0.2, -0.15) is 5.26 Å². The van der Waals surface area contributed by atoms with Gasteiger partial charge in [-0.25, -0.2) is 4.79 Å². The van der Waals surface area contributed by atoms with Gasteiger partial charge < -0.3 is 4.74 Å². The SMILES string of the molecule is CCOC(=O)[C@@](C#N)(c1ccccc1)[C@@H]1CC(=O)N(c2ccc(Br)cc2)C1=O. The largest absolute Gasteiger partial charge is 0.465 e. The van der Waals surface area contributed by atoms with E-state index in [4.69, 9.17) is 4.74 Å². The lowest BCUT2D eigenvalue weighted by Crippen LogP contribution is -2.47. The summed E-state index contributed by atoms with van der Waals surface area (Å²) in [7, 11) is 0. The van der Waals surface area contributed by atoms with Gasteiger partial charge in [-0.05, 0) is 36.8 Å². The predicted molar refractivity (Wildman–Crippen MR) is 105 cm³/mol. The minimum absolute atomic E-state index is 0.0559. The number of nitrogens with zero attached hydrogens (tertiary/aromatic N) is 2. The first kappa shape index (κ1) is 19.8. The molecule has 2 atom stereocenters. The van der Waals surface area contributed by atoms with E-state index >= 15 is 0 Å². The van der Waals surface area contributed by atoms with Gasteiger partial charge in [-0.3, -0.25) is 14.5 Å². The Morgan fingerprint density at radius 3 is 2.43 bits per heavy atom. The molecular formula is C21H17BrN2O4. The number of amides is 2. The third-order valence-electron chi connectivity index (χ3n) is 4.76. The summed E-state index contributed by atoms with van der Waals surface area (Å²) >= 11 is 3.31. The van der Waals surface area contributed by atoms with E-state index in [1.165, 1.54) is 0 Å². The molecule has 6 nitrogen and oxygen atoms in total. The van der Waals surface area contributed by atoms with E-state index in [-0.39, 0.29) is 13.0 Å². The summed E-state index contributed by atoms with van der Waals surface area (Å²) in [6.45, 7) is 1.68. The number of esters is 1. The minimum atomic E-state index is -1.89. The second-order valence-electron chi connectivity index (χ2n) is 6.31. The van der Waals surface area contributed by atoms with Crippen LogP contribution in [0.25, 0.3) is 0 Å². The maximum absolute atomic E-state index is 13.2. The number of carbonyl (C=O) groups is 3. The second kappa shape index (κ2) is 7.95. The molecule has 0 spiro atoms. The highest BCUT2D eigenvalue weighted by molar-refractivity contribution is 9.10. The quantitative estimate of drug-likeness (QED) is 0.525. The van der Waals surface area contributed by atoms with Crippen molar-refractivity contribution in [3.63, 3.8) is 0 Å². The van der Waals surface area contributed by atoms with Crippen LogP contribution < -0.4 is 4.90 Å². The molecule has 0 bridgehead atoms. The molecule has 2 amide bonds. The molecule has 2 aromatic rings. The number of benzene rings is 2. The van der Waals surface area contributed by atoms with Crippen LogP contribution in [0.2, 0.25) is 0 Å². The maximum atomic E-state index is 13.2. The maximum Gasteiger partial charge on any atom is 0.331 e. The predicted octanol–water partition coefficient (Wildman–Crippen LogP) is 3.35. The van der Waals surface area contributed by atoms with Crippen molar-refractivity contribution in [1.82, 2.24) is 0 Å². The molecule has 1 saturated heterocycles. The zero-order valence-electron chi connectivity index (χ0n) is 15.1. The normalized spacial score (nSPS) is 18.5. The Hall–Kier alpha value is -2.98. The fourth-order valence-electron chi connectivity index (χ4n) is 3.43. The van der Waals surface area contributed by atoms with Crippen molar-refractivity contribution in [2.24, 2.45) is 5.92 Å². The molecule has 0 aromatic heterocycles. The number of imide groups is 1. The summed E-state index contributed by atoms with van der Waals surface area (Å²) < 4.78 is 5.96. The Morgan fingerprint density at radius 2 is 1.86 bits per heavy atom. The highest BCUT2D eigenvalue weighted by atomic mass is 79.9. The van der Waals surface area contributed by atoms with Crippen LogP contribution in [-0.4, -0.2) is 24.4 Å². The lowest BCUT2D eigenvalue weighted by atomic mass is 9.70. The second-order valence-corrected chi connectivity index (χ2v) is 7.22. The first-order valence-electron chi connectivity index (χ1n) is 8.72. The lowest BCUT2D eigenvalue weighted by molar-refractivity contribution is -0.151. The summed E-state index contributed by atoms with van der Waals surface area (Å²) in [5.74, 6) is -3.05. The molecule has 0 aliphatic carbocycles. The molecule has 28 heavy (non-hydrogen) atoms. The summed E-state index contributed by atoms with van der Waals surface area (Å²) in [6.07, 6.45) is -0.254. The lowest BCUT2D eigenvalue weighted by Gasteiger charge is -2.29. The van der Waals surface area contributed by atoms with Crippen molar-refractivity contribution in [2.75, 3.05) is 11.5 Å². The van der Waals surface area contributed by atoms with Gasteiger partial charge in [0.15, 0.2) is 5.41 Å². The van der Waals surface area contributed by atoms with Gasteiger partial charge in [0.2, 0.25) is 11.8 Å². The van der Waals surface area contributed by atoms with Crippen LogP contribution in [0.3, 0.4) is 0 Å². The monoisotopic (exact) mass is 440 g/mol. The average Bonchev–Trinajstić information content (AvgIpc) is 2.99. The highest BCUT2D eigenvalue weighted by Gasteiger charge is 2.58. The molecular weight excluding hydrogens is 424 g/mol. The molecule has 0 radical (unpaired) electrons. The Balaban J connectivity index is 2.10. The molecule has 1 aliphatic rings. The van der Waals surface area contributed by atoms with Gasteiger partial charge in [-0.1, -0.05) is 46.3 Å². The van der Waals surface area contributed by atoms with Gasteiger partial charge in [0.05, 0.1) is 24.3 Å². The van der Waals surface area contributed by atoms with Gasteiger partial charge >= 0.3 is 5.97 Å². The number of nitriles is 1. The van der Waals surface area contributed by atoms with Crippen molar-refractivity contribution >= 4 is 39.4 Å². The van der Waals surface area contributed by atoms with E-state index < -0.39 is 29.1 Å². The summed E-state index contributed by atoms with van der Waals surface area (Å²) in [5.41, 5.74) is -1.17. The molecule has 0 saturated carbocycles. The topological polar surface area (TPSA) is 87.5 Å². The molecule has 3 rings (SSSR count). The molecule has 0 unspecified atom stereocenters. The van der Waals surface area contributed by atoms with Crippen molar-refractivity contribution in [1.29, 1.82) is 5.26 Å². The number of anilines is 1. The molecule has 7 heteroatoms. The van der Waals surface area contributed by atoms with Crippen LogP contribution in [0.5, 0.6) is 0 Å². The third kappa shape index (κ3) is 3.20. The average molecular weight is 441 g/mol. The van der Waals surface area contributed by atoms with E-state index in [2.05, 4.69) is 15.9 Å². The highest BCUT2D eigenvalue weighted by Crippen LogP contribution is 2.41. The number of hydrogen-bond acceptors (Lipinski definition) is 5. The van der Waals surface area contributed by atoms with Gasteiger partial charge in [-0.15, -0.1) is 0 Å². The van der Waals surface area contributed by atoms with Crippen LogP contribution in [0.1, 0.15) is 18.9 Å². The summed E-state index contributed by atoms with van der Waals surface area (Å²) in [6, 6.07) is 17.0. The van der Waals surface area contributed by atoms with E-state index in [9.17, 15) is 19.6 Å². The summed E-state index contributed by atoms with van der Waals surface area (Å²) in [4.78, 5) is 39.8. The van der Waals surface area contributed by atoms with Crippen molar-refractivity contribution in [3.8, 4) is 6.07 Å². The van der Waals surface area contributed by atoms with Gasteiger partial charge in [0.1, 0.15) is 0 Å². The smallest absolute Gasteiger partial charge is 0.331 e. The van der Waals surface area contributed by atoms with Crippen molar-refractivity contribution in [2.45, 2.75) is 18.8 Å². The molecule has 142 valence electrons. The first-order chi connectivity index (χ1) is 13.5. The van der Waals surface area contributed by atoms with Gasteiger partial charge in [0.25, 0.3) is 0 Å². The number of hydrogen-bond donors (Lipinski definition) is 0. The Labute approximate surface area is 170 Å². The molecule has 1 aliphatic heterocycles. The number of ether oxygens (including phenoxy) is 1. The van der Waals surface area contributed by atoms with Gasteiger partial charge in [0, 0.05) is 10.9 Å². The Kier molecular flexibility index (Phi) is 5.61. The molecule has 1 fully saturated rings. The number of carbonyl (C=O) groups excluding carboxylic acids is 3. The van der Waals surface area contributed by atoms with E-state index in [0.717, 1.165) is 9.37 Å². The molecule has 1 heterocycles. The van der Waals surface area contributed by atoms with Crippen LogP contribution in [0, 0.1) is 17.2 Å². The fourth-order valence-corrected chi connectivity index (χ4v) is 3.69. The van der Waals surface area contributed by atoms with E-state index in [1.54, 1.807) is 61.5 Å². The van der Waals surface area contributed by atoms with Crippen molar-refractivity contribution < 1.29 is 19.1 Å². The fraction of sp³-hybridized carbons (Fsp3) is 0.238. The minimum Gasteiger partial charge on any atom is -0.465 e. The van der Waals surface area contributed by atoms with E-state index in [1.807, 2.05) is 6.07 Å². The van der Waals surface area contributed by atoms with Crippen LogP contribution in [0.4, 0.5) is 5.69 Å². The van der Waals surface area contributed by atoms with E-state index in [0.29, 0.717) is 11.3 Å². The Morgan fingerprint density at radius 1 is 1.21 bits per heavy atom. The zero-order valence-corrected chi connectivity index (χ0v) is 16.7. The number of halogens is 1. The van der Waals surface area contributed by atoms with Crippen molar-refractivity contribution in [3.05, 3.63) is 64.6 Å². The first-order valence-corrected chi connectivity index (χ1v) is 9.51. The standard InChI is InChI=1S/C21H17BrN2O4/c1-2-28-20(27)21(13-23,14-6-4-3-5-7-14)17-12-18(25)24(19(17)26)16-10-8-15(22)9-11-16/h3-11,17H,2,12H2,1H3/t17-,21+/m1/s1.